The number of piperidine rings is 1. The molecule has 4 rings (SSSR count). The number of amides is 1. The number of benzene rings is 2. The maximum absolute atomic E-state index is 14.6. The quantitative estimate of drug-likeness (QED) is 0.432. The van der Waals surface area contributed by atoms with Gasteiger partial charge >= 0.3 is 0 Å². The number of aromatic nitrogens is 2. The first-order valence-electron chi connectivity index (χ1n) is 11.5. The fourth-order valence-electron chi connectivity index (χ4n) is 4.18. The van der Waals surface area contributed by atoms with Crippen LogP contribution in [0.2, 0.25) is 0 Å². The van der Waals surface area contributed by atoms with E-state index in [1.807, 2.05) is 12.1 Å². The molecule has 1 amide bonds. The van der Waals surface area contributed by atoms with Crippen molar-refractivity contribution in [1.29, 1.82) is 0 Å². The molecular weight excluding hydrogens is 471 g/mol. The average Bonchev–Trinajstić information content (AvgIpc) is 2.89. The van der Waals surface area contributed by atoms with Crippen LogP contribution in [0.1, 0.15) is 35.4 Å². The van der Waals surface area contributed by atoms with Crippen LogP contribution in [0.4, 0.5) is 4.39 Å². The number of H-pyrrole nitrogens is 1. The molecule has 0 atom stereocenters. The van der Waals surface area contributed by atoms with Gasteiger partial charge in [-0.25, -0.2) is 9.37 Å². The minimum Gasteiger partial charge on any atom is -0.497 e. The number of rotatable bonds is 9. The first-order chi connectivity index (χ1) is 17.0. The average molecular weight is 501 g/mol. The number of fused-ring (bicyclic) bond motifs is 1. The maximum Gasteiger partial charge on any atom is 0.287 e. The molecule has 0 unspecified atom stereocenters. The van der Waals surface area contributed by atoms with Gasteiger partial charge in [-0.1, -0.05) is 24.1 Å². The van der Waals surface area contributed by atoms with Crippen LogP contribution in [0, 0.1) is 11.7 Å². The normalized spacial score (nSPS) is 14.7. The van der Waals surface area contributed by atoms with E-state index in [0.717, 1.165) is 37.9 Å². The molecule has 35 heavy (non-hydrogen) atoms. The topological polar surface area (TPSA) is 96.6 Å². The molecule has 0 aliphatic carbocycles. The lowest BCUT2D eigenvalue weighted by Gasteiger charge is -2.29. The summed E-state index contributed by atoms with van der Waals surface area (Å²) in [6, 6.07) is 9.86. The molecule has 10 heteroatoms. The smallest absolute Gasteiger partial charge is 0.287 e. The van der Waals surface area contributed by atoms with E-state index in [-0.39, 0.29) is 29.0 Å². The zero-order valence-electron chi connectivity index (χ0n) is 19.8. The second kappa shape index (κ2) is 11.5. The van der Waals surface area contributed by atoms with Gasteiger partial charge in [-0.15, -0.1) is 0 Å². The first kappa shape index (κ1) is 25.0. The molecule has 2 aromatic carbocycles. The molecule has 1 aliphatic rings. The maximum atomic E-state index is 14.6. The SMILES string of the molecule is COc1cccc(CNC(=O)c2nc3ccc(F)c(OCCC4CCN(SC)CC4)c3c(=O)[nH]2)c1. The molecule has 0 radical (unpaired) electrons. The summed E-state index contributed by atoms with van der Waals surface area (Å²) in [5.74, 6) is -0.265. The van der Waals surface area contributed by atoms with Gasteiger partial charge in [0.2, 0.25) is 0 Å². The van der Waals surface area contributed by atoms with E-state index < -0.39 is 17.3 Å². The van der Waals surface area contributed by atoms with Gasteiger partial charge in [-0.05, 0) is 61.3 Å². The molecule has 1 saturated heterocycles. The van der Waals surface area contributed by atoms with Crippen LogP contribution in [0.5, 0.6) is 11.5 Å². The van der Waals surface area contributed by atoms with Crippen molar-refractivity contribution in [2.75, 3.05) is 33.1 Å². The summed E-state index contributed by atoms with van der Waals surface area (Å²) in [5, 5.41) is 2.73. The van der Waals surface area contributed by atoms with E-state index in [4.69, 9.17) is 9.47 Å². The summed E-state index contributed by atoms with van der Waals surface area (Å²) in [4.78, 5) is 32.2. The summed E-state index contributed by atoms with van der Waals surface area (Å²) >= 11 is 1.75. The van der Waals surface area contributed by atoms with E-state index in [0.29, 0.717) is 18.3 Å². The van der Waals surface area contributed by atoms with E-state index in [9.17, 15) is 14.0 Å². The van der Waals surface area contributed by atoms with Crippen LogP contribution < -0.4 is 20.3 Å². The molecule has 3 aromatic rings. The third-order valence-electron chi connectivity index (χ3n) is 6.19. The Morgan fingerprint density at radius 1 is 1.29 bits per heavy atom. The number of nitrogens with one attached hydrogen (secondary N) is 2. The van der Waals surface area contributed by atoms with Crippen molar-refractivity contribution in [1.82, 2.24) is 19.6 Å². The molecule has 0 saturated carbocycles. The highest BCUT2D eigenvalue weighted by Gasteiger charge is 2.21. The number of carbonyl (C=O) groups excluding carboxylic acids is 1. The molecule has 2 N–H and O–H groups in total. The van der Waals surface area contributed by atoms with Crippen molar-refractivity contribution in [2.45, 2.75) is 25.8 Å². The lowest BCUT2D eigenvalue weighted by molar-refractivity contribution is 0.0940. The highest BCUT2D eigenvalue weighted by Crippen LogP contribution is 2.27. The minimum absolute atomic E-state index is 0.00606. The molecule has 1 aromatic heterocycles. The van der Waals surface area contributed by atoms with Crippen LogP contribution in [0.25, 0.3) is 10.9 Å². The Hall–Kier alpha value is -3.11. The highest BCUT2D eigenvalue weighted by atomic mass is 32.2. The van der Waals surface area contributed by atoms with Crippen LogP contribution >= 0.6 is 11.9 Å². The van der Waals surface area contributed by atoms with Gasteiger partial charge in [-0.2, -0.15) is 0 Å². The number of aromatic amines is 1. The van der Waals surface area contributed by atoms with Gasteiger partial charge in [0.15, 0.2) is 17.4 Å². The predicted molar refractivity (Wildman–Crippen MR) is 134 cm³/mol. The van der Waals surface area contributed by atoms with Crippen LogP contribution in [-0.2, 0) is 6.54 Å². The second-order valence-corrected chi connectivity index (χ2v) is 9.29. The number of methoxy groups -OCH3 is 1. The van der Waals surface area contributed by atoms with E-state index in [1.54, 1.807) is 31.2 Å². The van der Waals surface area contributed by atoms with E-state index in [1.165, 1.54) is 12.1 Å². The van der Waals surface area contributed by atoms with Gasteiger partial charge in [0.25, 0.3) is 11.5 Å². The lowest BCUT2D eigenvalue weighted by atomic mass is 9.95. The molecule has 1 fully saturated rings. The summed E-state index contributed by atoms with van der Waals surface area (Å²) in [7, 11) is 1.57. The first-order valence-corrected chi connectivity index (χ1v) is 12.7. The van der Waals surface area contributed by atoms with Gasteiger partial charge < -0.3 is 19.8 Å². The molecule has 186 valence electrons. The number of hydrogen-bond donors (Lipinski definition) is 2. The Balaban J connectivity index is 1.44. The Bertz CT molecular complexity index is 1240. The van der Waals surface area contributed by atoms with Crippen molar-refractivity contribution in [3.63, 3.8) is 0 Å². The Labute approximate surface area is 207 Å². The predicted octanol–water partition coefficient (Wildman–Crippen LogP) is 3.76. The van der Waals surface area contributed by atoms with Crippen molar-refractivity contribution < 1.29 is 18.7 Å². The summed E-state index contributed by atoms with van der Waals surface area (Å²) in [5.41, 5.74) is 0.409. The van der Waals surface area contributed by atoms with Crippen molar-refractivity contribution >= 4 is 28.8 Å². The number of carbonyl (C=O) groups is 1. The molecule has 1 aliphatic heterocycles. The lowest BCUT2D eigenvalue weighted by Crippen LogP contribution is -2.29. The molecule has 0 bridgehead atoms. The number of ether oxygens (including phenoxy) is 2. The van der Waals surface area contributed by atoms with Gasteiger partial charge in [0.1, 0.15) is 11.1 Å². The zero-order chi connectivity index (χ0) is 24.8. The van der Waals surface area contributed by atoms with Gasteiger partial charge in [-0.3, -0.25) is 13.9 Å². The van der Waals surface area contributed by atoms with Crippen molar-refractivity contribution in [3.05, 3.63) is 64.0 Å². The molecule has 8 nitrogen and oxygen atoms in total. The molecule has 2 heterocycles. The third-order valence-corrected chi connectivity index (χ3v) is 7.07. The summed E-state index contributed by atoms with van der Waals surface area (Å²) in [6.07, 6.45) is 5.00. The monoisotopic (exact) mass is 500 g/mol. The van der Waals surface area contributed by atoms with Crippen LogP contribution in [0.15, 0.2) is 41.2 Å². The van der Waals surface area contributed by atoms with Gasteiger partial charge in [0.05, 0.1) is 19.2 Å². The zero-order valence-corrected chi connectivity index (χ0v) is 20.6. The largest absolute Gasteiger partial charge is 0.497 e. The van der Waals surface area contributed by atoms with Crippen LogP contribution in [0.3, 0.4) is 0 Å². The standard InChI is InChI=1S/C25H29FN4O4S/c1-33-18-5-3-4-17(14-18)15-27-25(32)23-28-20-7-6-19(26)22(21(20)24(31)29-23)34-13-10-16-8-11-30(35-2)12-9-16/h3-7,14,16H,8-13,15H2,1-2H3,(H,27,32)(H,28,29,31). The van der Waals surface area contributed by atoms with Crippen LogP contribution in [-0.4, -0.2) is 53.2 Å². The fourth-order valence-corrected chi connectivity index (χ4v) is 4.76. The Morgan fingerprint density at radius 3 is 2.83 bits per heavy atom. The van der Waals surface area contributed by atoms with Crippen molar-refractivity contribution in [3.8, 4) is 11.5 Å². The molecular formula is C25H29FN4O4S. The minimum atomic E-state index is -0.628. The Morgan fingerprint density at radius 2 is 2.09 bits per heavy atom. The second-order valence-electron chi connectivity index (χ2n) is 8.41. The summed E-state index contributed by atoms with van der Waals surface area (Å²) in [6.45, 7) is 2.59. The summed E-state index contributed by atoms with van der Waals surface area (Å²) < 4.78 is 27.9. The number of halogens is 1. The van der Waals surface area contributed by atoms with E-state index >= 15 is 0 Å². The fraction of sp³-hybridized carbons (Fsp3) is 0.400. The van der Waals surface area contributed by atoms with Gasteiger partial charge in [0, 0.05) is 19.6 Å². The number of hydrogen-bond acceptors (Lipinski definition) is 7. The molecule has 0 spiro atoms. The highest BCUT2D eigenvalue weighted by molar-refractivity contribution is 7.96. The number of nitrogens with zero attached hydrogens (tertiary/aromatic N) is 2. The van der Waals surface area contributed by atoms with E-state index in [2.05, 4.69) is 25.8 Å². The van der Waals surface area contributed by atoms with Crippen molar-refractivity contribution in [2.24, 2.45) is 5.92 Å². The third kappa shape index (κ3) is 6.12. The Kier molecular flexibility index (Phi) is 8.25.